The van der Waals surface area contributed by atoms with E-state index in [2.05, 4.69) is 221 Å². The number of nitrogens with zero attached hydrogens (tertiary/aromatic N) is 5. The normalized spacial score (nSPS) is 11.8. The first-order valence-corrected chi connectivity index (χ1v) is 23.3. The minimum atomic E-state index is 0.592. The quantitative estimate of drug-likeness (QED) is 0.160. The predicted molar refractivity (Wildman–Crippen MR) is 283 cm³/mol. The maximum absolute atomic E-state index is 6.78. The van der Waals surface area contributed by atoms with Gasteiger partial charge in [0.15, 0.2) is 17.5 Å². The van der Waals surface area contributed by atoms with Crippen LogP contribution in [0, 0.1) is 0 Å². The minimum Gasteiger partial charge on any atom is -0.456 e. The van der Waals surface area contributed by atoms with Crippen LogP contribution < -0.4 is 0 Å². The number of benzene rings is 10. The molecule has 0 N–H and O–H groups in total. The summed E-state index contributed by atoms with van der Waals surface area (Å²) < 4.78 is 11.6. The van der Waals surface area contributed by atoms with Gasteiger partial charge in [-0.3, -0.25) is 0 Å². The molecule has 0 atom stereocenters. The van der Waals surface area contributed by atoms with Crippen molar-refractivity contribution >= 4 is 65.6 Å². The number of fused-ring (bicyclic) bond motifs is 10. The number of furan rings is 1. The minimum absolute atomic E-state index is 0.592. The van der Waals surface area contributed by atoms with Crippen LogP contribution in [0.1, 0.15) is 0 Å². The zero-order valence-corrected chi connectivity index (χ0v) is 37.2. The van der Waals surface area contributed by atoms with Crippen LogP contribution in [-0.2, 0) is 0 Å². The maximum atomic E-state index is 6.78. The summed E-state index contributed by atoms with van der Waals surface area (Å²) in [6.07, 6.45) is 0. The molecule has 14 rings (SSSR count). The van der Waals surface area contributed by atoms with E-state index in [0.717, 1.165) is 94.0 Å². The van der Waals surface area contributed by atoms with Crippen LogP contribution in [0.3, 0.4) is 0 Å². The Balaban J connectivity index is 1.01. The smallest absolute Gasteiger partial charge is 0.166 e. The number of hydrogen-bond donors (Lipinski definition) is 0. The molecule has 0 fully saturated rings. The van der Waals surface area contributed by atoms with Gasteiger partial charge in [0.05, 0.1) is 27.5 Å². The van der Waals surface area contributed by atoms with E-state index in [1.807, 2.05) is 24.3 Å². The highest BCUT2D eigenvalue weighted by atomic mass is 16.3. The molecule has 10 aromatic carbocycles. The van der Waals surface area contributed by atoms with E-state index in [1.54, 1.807) is 0 Å². The lowest BCUT2D eigenvalue weighted by Crippen LogP contribution is -2.02. The van der Waals surface area contributed by atoms with Gasteiger partial charge in [0.25, 0.3) is 0 Å². The number of aromatic nitrogens is 5. The van der Waals surface area contributed by atoms with Crippen molar-refractivity contribution in [3.05, 3.63) is 237 Å². The Labute approximate surface area is 396 Å². The summed E-state index contributed by atoms with van der Waals surface area (Å²) in [4.78, 5) is 15.7. The van der Waals surface area contributed by atoms with Crippen molar-refractivity contribution in [2.24, 2.45) is 0 Å². The van der Waals surface area contributed by atoms with Gasteiger partial charge < -0.3 is 13.6 Å². The first kappa shape index (κ1) is 38.8. The molecule has 4 heterocycles. The molecule has 0 unspecified atom stereocenters. The van der Waals surface area contributed by atoms with Crippen LogP contribution in [0.25, 0.3) is 133 Å². The molecule has 0 saturated carbocycles. The molecule has 0 aliphatic rings. The molecule has 0 spiro atoms. The topological polar surface area (TPSA) is 61.7 Å². The first-order chi connectivity index (χ1) is 34.2. The molecule has 6 nitrogen and oxygen atoms in total. The zero-order chi connectivity index (χ0) is 45.4. The van der Waals surface area contributed by atoms with Gasteiger partial charge in [0.2, 0.25) is 0 Å². The molecule has 6 heteroatoms. The fourth-order valence-corrected chi connectivity index (χ4v) is 10.4. The van der Waals surface area contributed by atoms with Crippen molar-refractivity contribution in [2.45, 2.75) is 0 Å². The van der Waals surface area contributed by atoms with Crippen LogP contribution >= 0.6 is 0 Å². The summed E-state index contributed by atoms with van der Waals surface area (Å²) in [5.74, 6) is 1.81. The Morgan fingerprint density at radius 1 is 0.290 bits per heavy atom. The highest BCUT2D eigenvalue weighted by Crippen LogP contribution is 2.45. The van der Waals surface area contributed by atoms with Gasteiger partial charge in [-0.15, -0.1) is 0 Å². The summed E-state index contributed by atoms with van der Waals surface area (Å²) in [5, 5.41) is 6.70. The average molecular weight is 882 g/mol. The Morgan fingerprint density at radius 3 is 1.57 bits per heavy atom. The van der Waals surface area contributed by atoms with E-state index in [1.165, 1.54) is 21.9 Å². The lowest BCUT2D eigenvalue weighted by Gasteiger charge is -2.13. The summed E-state index contributed by atoms with van der Waals surface area (Å²) in [7, 11) is 0. The fraction of sp³-hybridized carbons (Fsp3) is 0. The Hall–Kier alpha value is -9.39. The highest BCUT2D eigenvalue weighted by Gasteiger charge is 2.24. The maximum Gasteiger partial charge on any atom is 0.166 e. The van der Waals surface area contributed by atoms with Gasteiger partial charge in [0.1, 0.15) is 11.2 Å². The van der Waals surface area contributed by atoms with Gasteiger partial charge in [-0.2, -0.15) is 0 Å². The van der Waals surface area contributed by atoms with Crippen molar-refractivity contribution in [3.8, 4) is 67.8 Å². The van der Waals surface area contributed by atoms with Gasteiger partial charge >= 0.3 is 0 Å². The molecule has 0 aliphatic carbocycles. The lowest BCUT2D eigenvalue weighted by atomic mass is 10.0. The van der Waals surface area contributed by atoms with E-state index < -0.39 is 0 Å². The zero-order valence-electron chi connectivity index (χ0n) is 37.2. The van der Waals surface area contributed by atoms with Gasteiger partial charge in [-0.05, 0) is 89.0 Å². The summed E-state index contributed by atoms with van der Waals surface area (Å²) in [6, 6.07) is 83.2. The molecule has 0 amide bonds. The van der Waals surface area contributed by atoms with Crippen LogP contribution in [0.4, 0.5) is 0 Å². The molecule has 4 aromatic heterocycles. The van der Waals surface area contributed by atoms with Crippen molar-refractivity contribution in [3.63, 3.8) is 0 Å². The van der Waals surface area contributed by atoms with E-state index in [9.17, 15) is 0 Å². The average Bonchev–Trinajstić information content (AvgIpc) is 4.09. The molecule has 14 aromatic rings. The van der Waals surface area contributed by atoms with E-state index in [4.69, 9.17) is 19.4 Å². The van der Waals surface area contributed by atoms with Crippen molar-refractivity contribution < 1.29 is 4.42 Å². The third-order valence-corrected chi connectivity index (χ3v) is 13.6. The second kappa shape index (κ2) is 15.6. The lowest BCUT2D eigenvalue weighted by molar-refractivity contribution is 0.669. The molecule has 0 aliphatic heterocycles. The van der Waals surface area contributed by atoms with E-state index in [0.29, 0.717) is 17.5 Å². The van der Waals surface area contributed by atoms with E-state index in [-0.39, 0.29) is 0 Å². The number of rotatable bonds is 7. The largest absolute Gasteiger partial charge is 0.456 e. The monoisotopic (exact) mass is 881 g/mol. The molecular weight excluding hydrogens is 843 g/mol. The molecule has 322 valence electrons. The number of hydrogen-bond acceptors (Lipinski definition) is 4. The molecule has 0 radical (unpaired) electrons. The van der Waals surface area contributed by atoms with Gasteiger partial charge in [-0.25, -0.2) is 15.0 Å². The van der Waals surface area contributed by atoms with Crippen LogP contribution in [0.5, 0.6) is 0 Å². The third kappa shape index (κ3) is 6.30. The van der Waals surface area contributed by atoms with E-state index >= 15 is 0 Å². The Morgan fingerprint density at radius 2 is 0.826 bits per heavy atom. The molecular formula is C63H39N5O. The SMILES string of the molecule is c1ccc(-c2ccc(-c3nc(-c4ccccc4)nc(-c4cccc5c6ccc7oc8ccc(-n9c%10ccccc%10c%10cc(-c%11ccccc%11)ccc%109)cc8c7c6n(-c6ccccc6)c45)n3)cc2)cc1. The van der Waals surface area contributed by atoms with Crippen LogP contribution in [0.2, 0.25) is 0 Å². The summed E-state index contributed by atoms with van der Waals surface area (Å²) in [6.45, 7) is 0. The van der Waals surface area contributed by atoms with Crippen LogP contribution in [0.15, 0.2) is 241 Å². The van der Waals surface area contributed by atoms with Gasteiger partial charge in [-0.1, -0.05) is 170 Å². The fourth-order valence-electron chi connectivity index (χ4n) is 10.4. The van der Waals surface area contributed by atoms with Crippen LogP contribution in [-0.4, -0.2) is 24.1 Å². The van der Waals surface area contributed by atoms with Crippen molar-refractivity contribution in [2.75, 3.05) is 0 Å². The molecule has 69 heavy (non-hydrogen) atoms. The molecule has 0 saturated heterocycles. The molecule has 0 bridgehead atoms. The Kier molecular flexibility index (Phi) is 8.79. The standard InChI is InChI=1S/C63H39N5O/c1-5-16-40(17-6-1)42-28-30-44(31-29-42)62-64-61(43-20-9-3-10-21-43)65-63(66-62)51-26-15-25-49-50-34-37-57-58(60(50)68(59(49)51)46-22-11-4-12-23-46)53-39-47(33-36-56(53)69-57)67-54-27-14-13-24-48(54)52-38-45(32-35-55(52)67)41-18-7-2-8-19-41/h1-39H. The third-order valence-electron chi connectivity index (χ3n) is 13.6. The van der Waals surface area contributed by atoms with Crippen molar-refractivity contribution in [1.82, 2.24) is 24.1 Å². The summed E-state index contributed by atoms with van der Waals surface area (Å²) in [5.41, 5.74) is 15.5. The second-order valence-electron chi connectivity index (χ2n) is 17.6. The summed E-state index contributed by atoms with van der Waals surface area (Å²) >= 11 is 0. The number of para-hydroxylation sites is 3. The van der Waals surface area contributed by atoms with Crippen molar-refractivity contribution in [1.29, 1.82) is 0 Å². The Bertz CT molecular complexity index is 4270. The second-order valence-corrected chi connectivity index (χ2v) is 17.6. The van der Waals surface area contributed by atoms with Gasteiger partial charge in [0, 0.05) is 55.0 Å². The predicted octanol–water partition coefficient (Wildman–Crippen LogP) is 16.3. The first-order valence-electron chi connectivity index (χ1n) is 23.3. The highest BCUT2D eigenvalue weighted by molar-refractivity contribution is 6.26.